The quantitative estimate of drug-likeness (QED) is 0.376. The van der Waals surface area contributed by atoms with Crippen LogP contribution in [0, 0.1) is 17.8 Å². The second kappa shape index (κ2) is 9.06. The molecule has 8 rings (SSSR count). The van der Waals surface area contributed by atoms with E-state index in [0.29, 0.717) is 41.0 Å². The highest BCUT2D eigenvalue weighted by Gasteiger charge is 2.46. The summed E-state index contributed by atoms with van der Waals surface area (Å²) in [4.78, 5) is 26.2. The number of aryl methyl sites for hydroxylation is 1. The van der Waals surface area contributed by atoms with Crippen molar-refractivity contribution in [3.05, 3.63) is 41.6 Å². The number of amides is 1. The van der Waals surface area contributed by atoms with E-state index >= 15 is 0 Å². The third kappa shape index (κ3) is 3.71. The number of rotatable bonds is 6. The average Bonchev–Trinajstić information content (AvgIpc) is 3.34. The Hall–Kier alpha value is -3.39. The topological polar surface area (TPSA) is 77.2 Å². The number of nitrogens with one attached hydrogen (secondary N) is 1. The van der Waals surface area contributed by atoms with Gasteiger partial charge in [-0.25, -0.2) is 9.97 Å². The van der Waals surface area contributed by atoms with Crippen molar-refractivity contribution in [1.29, 1.82) is 0 Å². The summed E-state index contributed by atoms with van der Waals surface area (Å²) in [5.74, 6) is 4.07. The minimum absolute atomic E-state index is 0.104. The predicted octanol–water partition coefficient (Wildman–Crippen LogP) is 4.96. The van der Waals surface area contributed by atoms with Crippen LogP contribution in [0.2, 0.25) is 0 Å². The summed E-state index contributed by atoms with van der Waals surface area (Å²) >= 11 is 0. The van der Waals surface area contributed by atoms with E-state index in [0.717, 1.165) is 72.6 Å². The third-order valence-electron chi connectivity index (χ3n) is 10.3. The van der Waals surface area contributed by atoms with Gasteiger partial charge in [-0.3, -0.25) is 4.79 Å². The maximum atomic E-state index is 13.7. The van der Waals surface area contributed by atoms with E-state index < -0.39 is 0 Å². The standard InChI is InChI=1S/C32H38N6O2/c1-18-22-7-9-26(18)38(17-22)32(39)23-12-25-29(28(14-23)40-3)36(2)31(35-25)27-13-20-6-8-24(21-10-11-33-15-21)34-30(20)37(27)16-19-4-5-19/h6,8,12-14,18-19,21-22,26,33H,4-5,7,9-11,15-17H2,1-3H3/t18-,21?,22?,26?/m1/s1. The first-order valence-corrected chi connectivity index (χ1v) is 15.1. The number of carbonyl (C=O) groups is 1. The summed E-state index contributed by atoms with van der Waals surface area (Å²) in [6.45, 7) is 6.18. The maximum absolute atomic E-state index is 13.7. The number of likely N-dealkylation sites (tertiary alicyclic amines) is 1. The molecule has 4 fully saturated rings. The van der Waals surface area contributed by atoms with Gasteiger partial charge in [0.1, 0.15) is 16.9 Å². The van der Waals surface area contributed by atoms with Crippen molar-refractivity contribution in [2.24, 2.45) is 24.8 Å². The fourth-order valence-electron chi connectivity index (χ4n) is 7.73. The van der Waals surface area contributed by atoms with Gasteiger partial charge in [-0.05, 0) is 86.7 Å². The van der Waals surface area contributed by atoms with Gasteiger partial charge in [0.25, 0.3) is 5.91 Å². The summed E-state index contributed by atoms with van der Waals surface area (Å²) in [6.07, 6.45) is 6.03. The van der Waals surface area contributed by atoms with Crippen molar-refractivity contribution in [2.75, 3.05) is 26.7 Å². The first-order chi connectivity index (χ1) is 19.5. The Labute approximate surface area is 234 Å². The summed E-state index contributed by atoms with van der Waals surface area (Å²) in [7, 11) is 3.74. The van der Waals surface area contributed by atoms with E-state index in [1.807, 2.05) is 12.1 Å². The molecule has 8 nitrogen and oxygen atoms in total. The molecular weight excluding hydrogens is 500 g/mol. The molecule has 4 aromatic rings. The molecule has 3 unspecified atom stereocenters. The van der Waals surface area contributed by atoms with Crippen LogP contribution in [0.5, 0.6) is 5.75 Å². The normalized spacial score (nSPS) is 26.0. The molecule has 2 aliphatic heterocycles. The molecule has 0 spiro atoms. The highest BCUT2D eigenvalue weighted by molar-refractivity contribution is 6.00. The third-order valence-corrected chi connectivity index (χ3v) is 10.3. The average molecular weight is 539 g/mol. The van der Waals surface area contributed by atoms with Crippen LogP contribution in [0.4, 0.5) is 0 Å². The molecule has 4 atom stereocenters. The number of imidazole rings is 1. The highest BCUT2D eigenvalue weighted by atomic mass is 16.5. The van der Waals surface area contributed by atoms with Gasteiger partial charge in [0, 0.05) is 55.3 Å². The van der Waals surface area contributed by atoms with E-state index in [1.54, 1.807) is 7.11 Å². The monoisotopic (exact) mass is 538 g/mol. The van der Waals surface area contributed by atoms with Crippen molar-refractivity contribution in [3.8, 4) is 17.3 Å². The lowest BCUT2D eigenvalue weighted by molar-refractivity contribution is 0.0696. The van der Waals surface area contributed by atoms with Crippen molar-refractivity contribution in [2.45, 2.75) is 57.5 Å². The Morgan fingerprint density at radius 3 is 2.67 bits per heavy atom. The lowest BCUT2D eigenvalue weighted by atomic mass is 10.0. The Morgan fingerprint density at radius 2 is 1.98 bits per heavy atom. The summed E-state index contributed by atoms with van der Waals surface area (Å²) in [5, 5.41) is 4.63. The Morgan fingerprint density at radius 1 is 1.10 bits per heavy atom. The molecule has 2 bridgehead atoms. The lowest BCUT2D eigenvalue weighted by Crippen LogP contribution is -2.38. The molecular formula is C32H38N6O2. The van der Waals surface area contributed by atoms with Crippen molar-refractivity contribution >= 4 is 28.0 Å². The first kappa shape index (κ1) is 24.4. The molecule has 8 heteroatoms. The van der Waals surface area contributed by atoms with Gasteiger partial charge in [-0.2, -0.15) is 0 Å². The van der Waals surface area contributed by atoms with Gasteiger partial charge in [0.05, 0.1) is 18.3 Å². The number of methoxy groups -OCH3 is 1. The van der Waals surface area contributed by atoms with E-state index in [2.05, 4.69) is 51.5 Å². The number of piperidine rings is 1. The van der Waals surface area contributed by atoms with Crippen LogP contribution in [0.15, 0.2) is 30.3 Å². The zero-order valence-electron chi connectivity index (χ0n) is 23.7. The molecule has 0 radical (unpaired) electrons. The molecule has 2 saturated carbocycles. The fourth-order valence-corrected chi connectivity index (χ4v) is 7.73. The van der Waals surface area contributed by atoms with Crippen LogP contribution < -0.4 is 10.1 Å². The van der Waals surface area contributed by atoms with E-state index in [-0.39, 0.29) is 5.91 Å². The molecule has 1 N–H and O–H groups in total. The van der Waals surface area contributed by atoms with Crippen LogP contribution in [0.1, 0.15) is 61.0 Å². The van der Waals surface area contributed by atoms with Crippen molar-refractivity contribution < 1.29 is 9.53 Å². The molecule has 1 amide bonds. The molecule has 2 saturated heterocycles. The van der Waals surface area contributed by atoms with Crippen LogP contribution in [-0.4, -0.2) is 62.7 Å². The molecule has 4 aliphatic rings. The molecule has 208 valence electrons. The SMILES string of the molecule is COc1cc(C(=O)N2CC3CCC2[C@@H]3C)cc2nc(-c3cc4ccc(C5CCNC5)nc4n3CC3CC3)n(C)c12. The minimum atomic E-state index is 0.104. The second-order valence-electron chi connectivity index (χ2n) is 12.7. The predicted molar refractivity (Wildman–Crippen MR) is 156 cm³/mol. The van der Waals surface area contributed by atoms with E-state index in [1.165, 1.54) is 25.0 Å². The summed E-state index contributed by atoms with van der Waals surface area (Å²) < 4.78 is 10.4. The summed E-state index contributed by atoms with van der Waals surface area (Å²) in [6, 6.07) is 10.9. The number of pyridine rings is 1. The second-order valence-corrected chi connectivity index (χ2v) is 12.7. The molecule has 40 heavy (non-hydrogen) atoms. The van der Waals surface area contributed by atoms with Crippen molar-refractivity contribution in [1.82, 2.24) is 29.3 Å². The lowest BCUT2D eigenvalue weighted by Gasteiger charge is -2.27. The minimum Gasteiger partial charge on any atom is -0.494 e. The summed E-state index contributed by atoms with van der Waals surface area (Å²) in [5.41, 5.74) is 5.70. The number of hydrogen-bond acceptors (Lipinski definition) is 5. The smallest absolute Gasteiger partial charge is 0.254 e. The molecule has 2 aliphatic carbocycles. The van der Waals surface area contributed by atoms with Crippen LogP contribution in [0.25, 0.3) is 33.6 Å². The number of carbonyl (C=O) groups excluding carboxylic acids is 1. The maximum Gasteiger partial charge on any atom is 0.254 e. The van der Waals surface area contributed by atoms with Gasteiger partial charge in [-0.15, -0.1) is 0 Å². The number of nitrogens with zero attached hydrogens (tertiary/aromatic N) is 5. The Bertz CT molecular complexity index is 1640. The van der Waals surface area contributed by atoms with Gasteiger partial charge >= 0.3 is 0 Å². The zero-order valence-corrected chi connectivity index (χ0v) is 23.7. The number of fused-ring (bicyclic) bond motifs is 4. The Balaban J connectivity index is 1.23. The number of hydrogen-bond donors (Lipinski definition) is 1. The first-order valence-electron chi connectivity index (χ1n) is 15.1. The van der Waals surface area contributed by atoms with Crippen molar-refractivity contribution in [3.63, 3.8) is 0 Å². The van der Waals surface area contributed by atoms with Gasteiger partial charge in [-0.1, -0.05) is 6.92 Å². The number of aromatic nitrogens is 4. The van der Waals surface area contributed by atoms with Gasteiger partial charge in [0.2, 0.25) is 0 Å². The number of ether oxygens (including phenoxy) is 1. The highest BCUT2D eigenvalue weighted by Crippen LogP contribution is 2.44. The van der Waals surface area contributed by atoms with E-state index in [9.17, 15) is 4.79 Å². The van der Waals surface area contributed by atoms with Gasteiger partial charge in [0.15, 0.2) is 5.82 Å². The fraction of sp³-hybridized carbons (Fsp3) is 0.531. The van der Waals surface area contributed by atoms with E-state index in [4.69, 9.17) is 14.7 Å². The largest absolute Gasteiger partial charge is 0.494 e. The van der Waals surface area contributed by atoms with Gasteiger partial charge < -0.3 is 24.1 Å². The van der Waals surface area contributed by atoms with Crippen LogP contribution in [-0.2, 0) is 13.6 Å². The molecule has 5 heterocycles. The molecule has 3 aromatic heterocycles. The molecule has 1 aromatic carbocycles. The zero-order chi connectivity index (χ0) is 27.1. The Kier molecular flexibility index (Phi) is 5.53. The number of benzene rings is 1. The van der Waals surface area contributed by atoms with Crippen LogP contribution >= 0.6 is 0 Å². The van der Waals surface area contributed by atoms with Crippen LogP contribution in [0.3, 0.4) is 0 Å².